The highest BCUT2D eigenvalue weighted by atomic mass is 16.8. The number of fused-ring (bicyclic) bond motifs is 3. The molecule has 16 nitrogen and oxygen atoms in total. The molecular weight excluding hydrogens is 748 g/mol. The van der Waals surface area contributed by atoms with Crippen LogP contribution in [0.4, 0.5) is 0 Å². The monoisotopic (exact) mass is 808 g/mol. The van der Waals surface area contributed by atoms with Gasteiger partial charge in [0.2, 0.25) is 5.79 Å². The van der Waals surface area contributed by atoms with E-state index in [-0.39, 0.29) is 25.0 Å². The summed E-state index contributed by atoms with van der Waals surface area (Å²) >= 11 is 0. The molecule has 0 radical (unpaired) electrons. The lowest BCUT2D eigenvalue weighted by atomic mass is 9.55. The number of carbonyl (C=O) groups excluding carboxylic acids is 2. The smallest absolute Gasteiger partial charge is 0.336 e. The molecule has 0 bridgehead atoms. The SMILES string of the molecule is CO[C@@H]1C[C@@H](O[C@H]2[C@@H](O)C[C@H](O[C@@H]3[C@@H](C)O[C@@H](O[C@H]4CC[C@@]5(C)C(=C[C@H](O)[C@H]6C(=O)O[C@H]7CO[C@]8(C)OC(=O)/C(=C\C[C@@H]65)[C@@H]78)C4)C[C@H]3OC)O[C@@H]2C)O[C@@H](C)[C@@H]1O. The number of rotatable bonds is 8. The zero-order valence-electron chi connectivity index (χ0n) is 33.9. The third-order valence-electron chi connectivity index (χ3n) is 14.1. The average molecular weight is 809 g/mol. The normalized spacial score (nSPS) is 52.1. The van der Waals surface area contributed by atoms with Crippen LogP contribution in [-0.2, 0) is 61.7 Å². The zero-order valence-corrected chi connectivity index (χ0v) is 33.9. The fraction of sp³-hybridized carbons (Fsp3) is 0.854. The summed E-state index contributed by atoms with van der Waals surface area (Å²) in [6, 6.07) is 0. The Labute approximate surface area is 333 Å². The first kappa shape index (κ1) is 41.7. The van der Waals surface area contributed by atoms with Crippen molar-refractivity contribution >= 4 is 11.9 Å². The van der Waals surface area contributed by atoms with Gasteiger partial charge in [-0.25, -0.2) is 4.79 Å². The van der Waals surface area contributed by atoms with Crippen molar-refractivity contribution in [1.82, 2.24) is 0 Å². The predicted molar refractivity (Wildman–Crippen MR) is 195 cm³/mol. The van der Waals surface area contributed by atoms with Crippen molar-refractivity contribution < 1.29 is 77.0 Å². The topological polar surface area (TPSA) is 196 Å². The maximum Gasteiger partial charge on any atom is 0.336 e. The zero-order chi connectivity index (χ0) is 40.6. The number of aliphatic hydroxyl groups excluding tert-OH is 3. The summed E-state index contributed by atoms with van der Waals surface area (Å²) < 4.78 is 66.3. The molecular formula is C41H60O16. The molecule has 0 aromatic heterocycles. The van der Waals surface area contributed by atoms with Crippen LogP contribution in [0.25, 0.3) is 0 Å². The molecule has 2 aliphatic carbocycles. The molecule has 57 heavy (non-hydrogen) atoms. The number of hydrogen-bond donors (Lipinski definition) is 3. The molecule has 1 saturated carbocycles. The van der Waals surface area contributed by atoms with E-state index in [1.54, 1.807) is 27.0 Å². The molecule has 0 aromatic rings. The third-order valence-corrected chi connectivity index (χ3v) is 14.1. The van der Waals surface area contributed by atoms with Gasteiger partial charge in [0, 0.05) is 46.0 Å². The van der Waals surface area contributed by atoms with E-state index in [9.17, 15) is 24.9 Å². The number of aliphatic hydroxyl groups is 3. The fourth-order valence-corrected chi connectivity index (χ4v) is 10.9. The van der Waals surface area contributed by atoms with Crippen LogP contribution >= 0.6 is 0 Å². The second kappa shape index (κ2) is 16.1. The summed E-state index contributed by atoms with van der Waals surface area (Å²) in [5.41, 5.74) is 1.04. The molecule has 5 saturated heterocycles. The fourth-order valence-electron chi connectivity index (χ4n) is 10.9. The van der Waals surface area contributed by atoms with Gasteiger partial charge >= 0.3 is 11.9 Å². The molecule has 0 spiro atoms. The van der Waals surface area contributed by atoms with Crippen molar-refractivity contribution in [2.45, 2.75) is 177 Å². The third kappa shape index (κ3) is 7.65. The number of hydrogen-bond acceptors (Lipinski definition) is 16. The Morgan fingerprint density at radius 1 is 0.825 bits per heavy atom. The van der Waals surface area contributed by atoms with Crippen LogP contribution in [0.2, 0.25) is 0 Å². The van der Waals surface area contributed by atoms with E-state index >= 15 is 0 Å². The molecule has 6 heterocycles. The van der Waals surface area contributed by atoms with Gasteiger partial charge in [-0.05, 0) is 57.8 Å². The van der Waals surface area contributed by atoms with Gasteiger partial charge in [-0.3, -0.25) is 4.79 Å². The van der Waals surface area contributed by atoms with Crippen LogP contribution in [0.1, 0.15) is 79.6 Å². The first-order valence-electron chi connectivity index (χ1n) is 20.6. The molecule has 3 N–H and O–H groups in total. The van der Waals surface area contributed by atoms with Crippen molar-refractivity contribution in [1.29, 1.82) is 0 Å². The summed E-state index contributed by atoms with van der Waals surface area (Å²) in [6.45, 7) is 9.42. The highest BCUT2D eigenvalue weighted by Crippen LogP contribution is 2.56. The summed E-state index contributed by atoms with van der Waals surface area (Å²) in [5, 5.41) is 33.0. The van der Waals surface area contributed by atoms with Gasteiger partial charge in [-0.1, -0.05) is 24.6 Å². The second-order valence-corrected chi connectivity index (χ2v) is 17.6. The highest BCUT2D eigenvalue weighted by Gasteiger charge is 2.62. The van der Waals surface area contributed by atoms with Crippen LogP contribution in [-0.4, -0.2) is 146 Å². The van der Waals surface area contributed by atoms with Gasteiger partial charge in [0.1, 0.15) is 24.4 Å². The molecule has 0 amide bonds. The van der Waals surface area contributed by atoms with E-state index in [1.807, 2.05) is 19.9 Å². The van der Waals surface area contributed by atoms with E-state index in [1.165, 1.54) is 7.11 Å². The van der Waals surface area contributed by atoms with Gasteiger partial charge in [0.25, 0.3) is 0 Å². The Morgan fingerprint density at radius 3 is 2.19 bits per heavy atom. The number of methoxy groups -OCH3 is 2. The van der Waals surface area contributed by atoms with Crippen LogP contribution in [0.3, 0.4) is 0 Å². The second-order valence-electron chi connectivity index (χ2n) is 17.6. The van der Waals surface area contributed by atoms with Gasteiger partial charge in [0.15, 0.2) is 18.9 Å². The van der Waals surface area contributed by atoms with Crippen LogP contribution in [0, 0.1) is 23.2 Å². The van der Waals surface area contributed by atoms with Crippen LogP contribution in [0.15, 0.2) is 23.3 Å². The van der Waals surface area contributed by atoms with Crippen molar-refractivity contribution in [3.63, 3.8) is 0 Å². The summed E-state index contributed by atoms with van der Waals surface area (Å²) in [7, 11) is 3.16. The molecule has 8 aliphatic rings. The summed E-state index contributed by atoms with van der Waals surface area (Å²) in [6.07, 6.45) is -2.22. The lowest BCUT2D eigenvalue weighted by Gasteiger charge is -2.51. The Kier molecular flexibility index (Phi) is 11.8. The lowest BCUT2D eigenvalue weighted by molar-refractivity contribution is -0.337. The Balaban J connectivity index is 0.878. The van der Waals surface area contributed by atoms with Crippen LogP contribution in [0.5, 0.6) is 0 Å². The van der Waals surface area contributed by atoms with Crippen molar-refractivity contribution in [3.8, 4) is 0 Å². The maximum absolute atomic E-state index is 13.8. The van der Waals surface area contributed by atoms with Crippen molar-refractivity contribution in [3.05, 3.63) is 23.3 Å². The standard InChI is InChI=1S/C41H60O16/c1-18-35(44)27(47-6)15-32(50-18)55-36-19(2)51-30(14-26(36)43)56-37-20(3)52-31(16-28(37)48-7)53-22-10-11-40(4)21(12-22)13-25(42)33-24(40)9-8-23-34-29(54-39(33)46)17-49-41(34,5)57-38(23)45/h8,13,18-20,22,24-37,42-44H,9-12,14-17H2,1-7H3/b23-8-/t18-,19+,20+,22-,24-,25-,26-,27+,28+,29-,30-,31-,32+,33-,34-,35-,36+,37+,40-,41+/m0/s1. The Hall–Kier alpha value is -2.06. The Bertz CT molecular complexity index is 1560. The molecule has 0 unspecified atom stereocenters. The number of esters is 2. The van der Waals surface area contributed by atoms with Gasteiger partial charge < -0.3 is 67.4 Å². The minimum atomic E-state index is -1.17. The predicted octanol–water partition coefficient (Wildman–Crippen LogP) is 2.18. The number of ether oxygens (including phenoxy) is 11. The molecule has 0 aromatic carbocycles. The van der Waals surface area contributed by atoms with Crippen molar-refractivity contribution in [2.75, 3.05) is 20.8 Å². The molecule has 6 fully saturated rings. The molecule has 8 rings (SSSR count). The Morgan fingerprint density at radius 2 is 1.47 bits per heavy atom. The number of carbonyl (C=O) groups is 2. The summed E-state index contributed by atoms with van der Waals surface area (Å²) in [4.78, 5) is 26.7. The van der Waals surface area contributed by atoms with Crippen LogP contribution < -0.4 is 0 Å². The first-order chi connectivity index (χ1) is 27.1. The molecule has 320 valence electrons. The largest absolute Gasteiger partial charge is 0.459 e. The quantitative estimate of drug-likeness (QED) is 0.238. The van der Waals surface area contributed by atoms with E-state index in [4.69, 9.17) is 52.1 Å². The van der Waals surface area contributed by atoms with Gasteiger partial charge in [-0.15, -0.1) is 0 Å². The van der Waals surface area contributed by atoms with E-state index in [2.05, 4.69) is 6.92 Å². The number of allylic oxidation sites excluding steroid dienone is 1. The highest BCUT2D eigenvalue weighted by molar-refractivity contribution is 5.92. The van der Waals surface area contributed by atoms with Gasteiger partial charge in [-0.2, -0.15) is 0 Å². The minimum absolute atomic E-state index is 0.119. The average Bonchev–Trinajstić information content (AvgIpc) is 3.62. The van der Waals surface area contributed by atoms with E-state index in [0.29, 0.717) is 44.1 Å². The maximum atomic E-state index is 13.8. The minimum Gasteiger partial charge on any atom is -0.459 e. The first-order valence-corrected chi connectivity index (χ1v) is 20.6. The van der Waals surface area contributed by atoms with E-state index < -0.39 is 121 Å². The summed E-state index contributed by atoms with van der Waals surface area (Å²) in [5.74, 6) is -3.72. The molecule has 16 heteroatoms. The molecule has 20 atom stereocenters. The van der Waals surface area contributed by atoms with Gasteiger partial charge in [0.05, 0.1) is 67.3 Å². The van der Waals surface area contributed by atoms with E-state index in [0.717, 1.165) is 5.57 Å². The van der Waals surface area contributed by atoms with Crippen molar-refractivity contribution in [2.24, 2.45) is 23.2 Å². The molecule has 6 aliphatic heterocycles. The lowest BCUT2D eigenvalue weighted by Crippen LogP contribution is -2.56.